The number of nitriles is 1. The smallest absolute Gasteiger partial charge is 0.346 e. The van der Waals surface area contributed by atoms with Gasteiger partial charge in [0.25, 0.3) is 0 Å². The van der Waals surface area contributed by atoms with E-state index in [2.05, 4.69) is 243 Å². The fraction of sp³-hybridized carbons (Fsp3) is 0.242. The Hall–Kier alpha value is -7.66. The maximum atomic E-state index is 11.6. The molecule has 0 atom stereocenters. The Bertz CT molecular complexity index is 3510. The molecule has 0 unspecified atom stereocenters. The summed E-state index contributed by atoms with van der Waals surface area (Å²) in [5.41, 5.74) is 15.9. The lowest BCUT2D eigenvalue weighted by Gasteiger charge is -2.26. The van der Waals surface area contributed by atoms with E-state index in [0.717, 1.165) is 38.9 Å². The Morgan fingerprint density at radius 1 is 0.479 bits per heavy atom. The van der Waals surface area contributed by atoms with Crippen molar-refractivity contribution in [3.05, 3.63) is 190 Å². The van der Waals surface area contributed by atoms with Crippen molar-refractivity contribution >= 4 is 84.1 Å². The van der Waals surface area contributed by atoms with Gasteiger partial charge in [-0.25, -0.2) is 4.79 Å². The van der Waals surface area contributed by atoms with Crippen LogP contribution in [0.4, 0.5) is 17.1 Å². The van der Waals surface area contributed by atoms with Gasteiger partial charge in [-0.1, -0.05) is 119 Å². The first-order valence-electron chi connectivity index (χ1n) is 25.2. The molecule has 366 valence electrons. The Labute approximate surface area is 434 Å². The fourth-order valence-electron chi connectivity index (χ4n) is 10.1. The van der Waals surface area contributed by atoms with Crippen molar-refractivity contribution in [3.8, 4) is 27.9 Å². The van der Waals surface area contributed by atoms with E-state index >= 15 is 0 Å². The predicted molar refractivity (Wildman–Crippen MR) is 309 cm³/mol. The van der Waals surface area contributed by atoms with Crippen LogP contribution < -0.4 is 4.90 Å². The number of rotatable bonds is 8. The molecule has 7 aromatic carbocycles. The van der Waals surface area contributed by atoms with Crippen LogP contribution in [0.3, 0.4) is 0 Å². The second-order valence-corrected chi connectivity index (χ2v) is 24.8. The van der Waals surface area contributed by atoms with E-state index < -0.39 is 5.97 Å². The van der Waals surface area contributed by atoms with Crippen molar-refractivity contribution in [2.24, 2.45) is 0 Å². The molecule has 0 aliphatic heterocycles. The minimum Gasteiger partial charge on any atom is -0.477 e. The van der Waals surface area contributed by atoms with Crippen LogP contribution in [0.5, 0.6) is 0 Å². The molecule has 0 saturated heterocycles. The molecule has 0 aliphatic carbocycles. The second kappa shape index (κ2) is 17.8. The molecule has 7 heteroatoms. The van der Waals surface area contributed by atoms with Gasteiger partial charge in [0.1, 0.15) is 11.6 Å². The number of fused-ring (bicyclic) bond motifs is 6. The number of carbonyl (C=O) groups is 1. The number of thiophene rings is 1. The molecule has 0 spiro atoms. The quantitative estimate of drug-likeness (QED) is 0.122. The molecule has 73 heavy (non-hydrogen) atoms. The Morgan fingerprint density at radius 2 is 0.808 bits per heavy atom. The molecule has 3 heterocycles. The molecule has 10 rings (SSSR count). The lowest BCUT2D eigenvalue weighted by Crippen LogP contribution is -2.11. The largest absolute Gasteiger partial charge is 0.477 e. The highest BCUT2D eigenvalue weighted by molar-refractivity contribution is 7.16. The lowest BCUT2D eigenvalue weighted by molar-refractivity contribution is -0.132. The van der Waals surface area contributed by atoms with Gasteiger partial charge in [0.2, 0.25) is 0 Å². The first-order chi connectivity index (χ1) is 34.5. The van der Waals surface area contributed by atoms with Gasteiger partial charge in [0.15, 0.2) is 0 Å². The van der Waals surface area contributed by atoms with Crippen LogP contribution in [0.1, 0.15) is 110 Å². The second-order valence-electron chi connectivity index (χ2n) is 23.7. The van der Waals surface area contributed by atoms with Crippen LogP contribution in [-0.2, 0) is 26.5 Å². The first-order valence-corrected chi connectivity index (χ1v) is 26.0. The standard InChI is InChI=1S/C66H64N4O2S/c1-63(2,3)43-15-30-57-53(36-43)54-37-44(64(4,5)6)16-31-58(54)69(57)50-25-21-48(22-26-50)68(47-19-13-41(14-20-47)61-34-29-52(73-61)35-42(40-67)62(71)72)49-23-27-51(28-24-49)70-59-32-17-45(65(7,8)9)38-55(59)56-39-46(66(10,11)12)18-33-60(56)70/h13-39H,1-12H3,(H,71,72)/b42-35+. The first kappa shape index (κ1) is 48.9. The van der Waals surface area contributed by atoms with Crippen LogP contribution in [0.25, 0.3) is 71.5 Å². The SMILES string of the molecule is CC(C)(C)c1ccc2c(c1)c1cc(C(C)(C)C)ccc1n2-c1ccc(N(c2ccc(-c3ccc(/C=C(\C#N)C(=O)O)s3)cc2)c2ccc(-n3c4ccc(C(C)(C)C)cc4c4cc(C(C)(C)C)ccc43)cc2)cc1. The molecule has 0 fully saturated rings. The van der Waals surface area contributed by atoms with E-state index in [9.17, 15) is 15.2 Å². The molecule has 0 amide bonds. The molecule has 6 nitrogen and oxygen atoms in total. The monoisotopic (exact) mass is 976 g/mol. The zero-order valence-corrected chi connectivity index (χ0v) is 45.0. The number of hydrogen-bond acceptors (Lipinski definition) is 4. The van der Waals surface area contributed by atoms with Crippen LogP contribution in [0.15, 0.2) is 163 Å². The van der Waals surface area contributed by atoms with Gasteiger partial charge in [-0.15, -0.1) is 11.3 Å². The van der Waals surface area contributed by atoms with Gasteiger partial charge in [-0.2, -0.15) is 5.26 Å². The average molecular weight is 977 g/mol. The maximum Gasteiger partial charge on any atom is 0.346 e. The summed E-state index contributed by atoms with van der Waals surface area (Å²) in [6.45, 7) is 27.3. The third-order valence-electron chi connectivity index (χ3n) is 14.4. The van der Waals surface area contributed by atoms with Crippen LogP contribution in [-0.4, -0.2) is 20.2 Å². The zero-order chi connectivity index (χ0) is 51.9. The number of benzene rings is 7. The predicted octanol–water partition coefficient (Wildman–Crippen LogP) is 18.3. The third-order valence-corrected chi connectivity index (χ3v) is 15.5. The molecule has 0 radical (unpaired) electrons. The topological polar surface area (TPSA) is 74.2 Å². The minimum absolute atomic E-state index is 0.00954. The fourth-order valence-corrected chi connectivity index (χ4v) is 11.0. The highest BCUT2D eigenvalue weighted by atomic mass is 32.1. The van der Waals surface area contributed by atoms with Gasteiger partial charge in [-0.3, -0.25) is 0 Å². The van der Waals surface area contributed by atoms with Crippen LogP contribution >= 0.6 is 11.3 Å². The van der Waals surface area contributed by atoms with Gasteiger partial charge < -0.3 is 19.1 Å². The molecule has 0 saturated carbocycles. The third kappa shape index (κ3) is 9.15. The molecular formula is C66H64N4O2S. The van der Waals surface area contributed by atoms with Gasteiger partial charge in [0.05, 0.1) is 22.1 Å². The molecule has 10 aromatic rings. The minimum atomic E-state index is -1.23. The summed E-state index contributed by atoms with van der Waals surface area (Å²) in [6.07, 6.45) is 1.43. The number of anilines is 3. The van der Waals surface area contributed by atoms with Crippen LogP contribution in [0, 0.1) is 11.3 Å². The summed E-state index contributed by atoms with van der Waals surface area (Å²) in [7, 11) is 0. The summed E-state index contributed by atoms with van der Waals surface area (Å²) in [5, 5.41) is 23.9. The molecule has 0 aliphatic rings. The summed E-state index contributed by atoms with van der Waals surface area (Å²) in [4.78, 5) is 15.6. The van der Waals surface area contributed by atoms with Crippen molar-refractivity contribution < 1.29 is 9.90 Å². The van der Waals surface area contributed by atoms with E-state index in [1.54, 1.807) is 6.07 Å². The maximum absolute atomic E-state index is 11.6. The molecule has 3 aromatic heterocycles. The summed E-state index contributed by atoms with van der Waals surface area (Å²) in [5.74, 6) is -1.23. The van der Waals surface area contributed by atoms with Gasteiger partial charge in [0, 0.05) is 59.7 Å². The van der Waals surface area contributed by atoms with E-state index in [-0.39, 0.29) is 27.2 Å². The van der Waals surface area contributed by atoms with Gasteiger partial charge >= 0.3 is 5.97 Å². The normalized spacial score (nSPS) is 12.8. The number of carboxylic acids is 1. The highest BCUT2D eigenvalue weighted by Gasteiger charge is 2.24. The van der Waals surface area contributed by atoms with E-state index in [4.69, 9.17) is 0 Å². The van der Waals surface area contributed by atoms with Gasteiger partial charge in [-0.05, 0) is 177 Å². The Morgan fingerprint density at radius 3 is 1.11 bits per heavy atom. The molecular weight excluding hydrogens is 913 g/mol. The van der Waals surface area contributed by atoms with E-state index in [1.165, 1.54) is 83.3 Å². The Balaban J connectivity index is 1.09. The number of hydrogen-bond donors (Lipinski definition) is 1. The lowest BCUT2D eigenvalue weighted by atomic mass is 9.85. The Kier molecular flexibility index (Phi) is 12.0. The van der Waals surface area contributed by atoms with Crippen molar-refractivity contribution in [2.75, 3.05) is 4.90 Å². The van der Waals surface area contributed by atoms with Crippen molar-refractivity contribution in [1.29, 1.82) is 5.26 Å². The number of carboxylic acid groups (broad SMARTS) is 1. The average Bonchev–Trinajstić information content (AvgIpc) is 4.05. The highest BCUT2D eigenvalue weighted by Crippen LogP contribution is 2.43. The zero-order valence-electron chi connectivity index (χ0n) is 44.1. The number of aromatic nitrogens is 2. The van der Waals surface area contributed by atoms with E-state index in [1.807, 2.05) is 12.1 Å². The summed E-state index contributed by atoms with van der Waals surface area (Å²) < 4.78 is 4.81. The van der Waals surface area contributed by atoms with E-state index in [0.29, 0.717) is 4.88 Å². The molecule has 0 bridgehead atoms. The molecule has 1 N–H and O–H groups in total. The number of nitrogens with zero attached hydrogens (tertiary/aromatic N) is 4. The van der Waals surface area contributed by atoms with Crippen molar-refractivity contribution in [2.45, 2.75) is 105 Å². The summed E-state index contributed by atoms with van der Waals surface area (Å²) in [6, 6.07) is 59.8. The van der Waals surface area contributed by atoms with Crippen molar-refractivity contribution in [1.82, 2.24) is 9.13 Å². The summed E-state index contributed by atoms with van der Waals surface area (Å²) >= 11 is 1.46. The number of aliphatic carboxylic acids is 1. The van der Waals surface area contributed by atoms with Crippen LogP contribution in [0.2, 0.25) is 0 Å². The van der Waals surface area contributed by atoms with Crippen molar-refractivity contribution in [3.63, 3.8) is 0 Å².